The zero-order chi connectivity index (χ0) is 14.5. The Kier molecular flexibility index (Phi) is 2.77. The van der Waals surface area contributed by atoms with Crippen LogP contribution in [0.25, 0.3) is 5.69 Å². The van der Waals surface area contributed by atoms with Gasteiger partial charge in [-0.25, -0.2) is 4.68 Å². The summed E-state index contributed by atoms with van der Waals surface area (Å²) in [6.07, 6.45) is 1.79. The van der Waals surface area contributed by atoms with Crippen LogP contribution in [0.2, 0.25) is 0 Å². The highest BCUT2D eigenvalue weighted by molar-refractivity contribution is 5.33. The standard InChI is InChI=1S/C16H22N4/c1-15(2)14(16(15,3)4)13(17)12-10-18-19-20(12)11-8-6-5-7-9-11/h5-10,13-14H,17H2,1-4H3. The van der Waals surface area contributed by atoms with E-state index in [0.29, 0.717) is 5.92 Å². The van der Waals surface area contributed by atoms with Gasteiger partial charge in [-0.15, -0.1) is 5.10 Å². The second-order valence-corrected chi connectivity index (χ2v) is 6.85. The third-order valence-corrected chi connectivity index (χ3v) is 5.41. The third kappa shape index (κ3) is 1.71. The van der Waals surface area contributed by atoms with Gasteiger partial charge in [0, 0.05) is 0 Å². The monoisotopic (exact) mass is 270 g/mol. The summed E-state index contributed by atoms with van der Waals surface area (Å²) >= 11 is 0. The predicted octanol–water partition coefficient (Wildman–Crippen LogP) is 2.95. The van der Waals surface area contributed by atoms with Crippen molar-refractivity contribution in [3.05, 3.63) is 42.2 Å². The fourth-order valence-corrected chi connectivity index (χ4v) is 3.56. The van der Waals surface area contributed by atoms with Crippen molar-refractivity contribution in [3.8, 4) is 5.69 Å². The quantitative estimate of drug-likeness (QED) is 0.933. The van der Waals surface area contributed by atoms with Crippen LogP contribution in [-0.2, 0) is 0 Å². The number of aromatic nitrogens is 3. The largest absolute Gasteiger partial charge is 0.322 e. The van der Waals surface area contributed by atoms with E-state index in [2.05, 4.69) is 38.0 Å². The minimum atomic E-state index is -0.0461. The molecule has 0 amide bonds. The molecule has 2 aromatic rings. The van der Waals surface area contributed by atoms with Crippen molar-refractivity contribution in [2.45, 2.75) is 33.7 Å². The highest BCUT2D eigenvalue weighted by Gasteiger charge is 2.67. The first-order valence-corrected chi connectivity index (χ1v) is 7.09. The topological polar surface area (TPSA) is 56.7 Å². The molecule has 1 atom stereocenters. The van der Waals surface area contributed by atoms with Gasteiger partial charge in [-0.1, -0.05) is 51.1 Å². The summed E-state index contributed by atoms with van der Waals surface area (Å²) in [6, 6.07) is 9.99. The molecule has 3 rings (SSSR count). The zero-order valence-corrected chi connectivity index (χ0v) is 12.5. The summed E-state index contributed by atoms with van der Waals surface area (Å²) in [5.74, 6) is 0.441. The second-order valence-electron chi connectivity index (χ2n) is 6.85. The van der Waals surface area contributed by atoms with Crippen LogP contribution in [0.1, 0.15) is 39.4 Å². The molecule has 1 aromatic carbocycles. The molecular formula is C16H22N4. The van der Waals surface area contributed by atoms with Gasteiger partial charge in [0.05, 0.1) is 23.6 Å². The molecular weight excluding hydrogens is 248 g/mol. The normalized spacial score (nSPS) is 21.6. The molecule has 0 bridgehead atoms. The van der Waals surface area contributed by atoms with Crippen molar-refractivity contribution < 1.29 is 0 Å². The highest BCUT2D eigenvalue weighted by Crippen LogP contribution is 2.71. The van der Waals surface area contributed by atoms with E-state index in [1.54, 1.807) is 6.20 Å². The Balaban J connectivity index is 1.96. The Hall–Kier alpha value is -1.68. The van der Waals surface area contributed by atoms with E-state index in [4.69, 9.17) is 5.73 Å². The van der Waals surface area contributed by atoms with Gasteiger partial charge < -0.3 is 5.73 Å². The van der Waals surface area contributed by atoms with Gasteiger partial charge in [0.1, 0.15) is 0 Å². The van der Waals surface area contributed by atoms with Crippen LogP contribution in [0.15, 0.2) is 36.5 Å². The molecule has 1 unspecified atom stereocenters. The maximum atomic E-state index is 6.53. The van der Waals surface area contributed by atoms with Crippen LogP contribution in [0.5, 0.6) is 0 Å². The minimum Gasteiger partial charge on any atom is -0.322 e. The predicted molar refractivity (Wildman–Crippen MR) is 79.3 cm³/mol. The van der Waals surface area contributed by atoms with Gasteiger partial charge in [-0.3, -0.25) is 0 Å². The van der Waals surface area contributed by atoms with Gasteiger partial charge in [0.15, 0.2) is 0 Å². The average Bonchev–Trinajstić information content (AvgIpc) is 2.76. The SMILES string of the molecule is CC1(C)C(C(N)c2cnnn2-c2ccccc2)C1(C)C. The molecule has 0 spiro atoms. The number of benzene rings is 1. The molecule has 1 aromatic heterocycles. The van der Waals surface area contributed by atoms with E-state index in [0.717, 1.165) is 11.4 Å². The molecule has 0 saturated heterocycles. The zero-order valence-electron chi connectivity index (χ0n) is 12.5. The van der Waals surface area contributed by atoms with Crippen molar-refractivity contribution >= 4 is 0 Å². The summed E-state index contributed by atoms with van der Waals surface area (Å²) < 4.78 is 1.86. The second kappa shape index (κ2) is 4.16. The van der Waals surface area contributed by atoms with Gasteiger partial charge >= 0.3 is 0 Å². The Bertz CT molecular complexity index is 598. The van der Waals surface area contributed by atoms with Crippen molar-refractivity contribution in [1.29, 1.82) is 0 Å². The molecule has 106 valence electrons. The van der Waals surface area contributed by atoms with Gasteiger partial charge in [0.25, 0.3) is 0 Å². The van der Waals surface area contributed by atoms with Crippen LogP contribution in [-0.4, -0.2) is 15.0 Å². The van der Waals surface area contributed by atoms with Gasteiger partial charge in [-0.2, -0.15) is 0 Å². The lowest BCUT2D eigenvalue weighted by atomic mass is 10.0. The minimum absolute atomic E-state index is 0.0461. The Morgan fingerprint density at radius 3 is 2.25 bits per heavy atom. The molecule has 1 saturated carbocycles. The highest BCUT2D eigenvalue weighted by atomic mass is 15.4. The first-order chi connectivity index (χ1) is 9.37. The van der Waals surface area contributed by atoms with Gasteiger partial charge in [-0.05, 0) is 28.9 Å². The van der Waals surface area contributed by atoms with Crippen LogP contribution >= 0.6 is 0 Å². The Labute approximate surface area is 120 Å². The van der Waals surface area contributed by atoms with Crippen LogP contribution in [0.3, 0.4) is 0 Å². The lowest BCUT2D eigenvalue weighted by Crippen LogP contribution is -2.20. The summed E-state index contributed by atoms with van der Waals surface area (Å²) in [6.45, 7) is 9.14. The summed E-state index contributed by atoms with van der Waals surface area (Å²) in [7, 11) is 0. The Morgan fingerprint density at radius 1 is 1.10 bits per heavy atom. The molecule has 4 heteroatoms. The summed E-state index contributed by atoms with van der Waals surface area (Å²) in [5.41, 5.74) is 9.02. The molecule has 1 aliphatic carbocycles. The maximum Gasteiger partial charge on any atom is 0.0816 e. The van der Waals surface area contributed by atoms with E-state index in [9.17, 15) is 0 Å². The molecule has 20 heavy (non-hydrogen) atoms. The fourth-order valence-electron chi connectivity index (χ4n) is 3.56. The fraction of sp³-hybridized carbons (Fsp3) is 0.500. The average molecular weight is 270 g/mol. The molecule has 1 fully saturated rings. The summed E-state index contributed by atoms with van der Waals surface area (Å²) in [5, 5.41) is 8.26. The lowest BCUT2D eigenvalue weighted by molar-refractivity contribution is 0.457. The molecule has 0 radical (unpaired) electrons. The first-order valence-electron chi connectivity index (χ1n) is 7.09. The Morgan fingerprint density at radius 2 is 1.70 bits per heavy atom. The summed E-state index contributed by atoms with van der Waals surface area (Å²) in [4.78, 5) is 0. The number of nitrogens with zero attached hydrogens (tertiary/aromatic N) is 3. The van der Waals surface area contributed by atoms with E-state index >= 15 is 0 Å². The van der Waals surface area contributed by atoms with E-state index < -0.39 is 0 Å². The van der Waals surface area contributed by atoms with Gasteiger partial charge in [0.2, 0.25) is 0 Å². The molecule has 4 nitrogen and oxygen atoms in total. The molecule has 1 heterocycles. The van der Waals surface area contributed by atoms with Crippen molar-refractivity contribution in [1.82, 2.24) is 15.0 Å². The number of rotatable bonds is 3. The van der Waals surface area contributed by atoms with Crippen LogP contribution in [0.4, 0.5) is 0 Å². The maximum absolute atomic E-state index is 6.53. The smallest absolute Gasteiger partial charge is 0.0816 e. The number of nitrogens with two attached hydrogens (primary N) is 1. The van der Waals surface area contributed by atoms with E-state index in [-0.39, 0.29) is 16.9 Å². The first kappa shape index (κ1) is 13.3. The lowest BCUT2D eigenvalue weighted by Gasteiger charge is -2.15. The number of hydrogen-bond acceptors (Lipinski definition) is 3. The molecule has 0 aliphatic heterocycles. The number of hydrogen-bond donors (Lipinski definition) is 1. The van der Waals surface area contributed by atoms with E-state index in [1.807, 2.05) is 35.0 Å². The van der Waals surface area contributed by atoms with Crippen molar-refractivity contribution in [3.63, 3.8) is 0 Å². The van der Waals surface area contributed by atoms with E-state index in [1.165, 1.54) is 0 Å². The molecule has 2 N–H and O–H groups in total. The van der Waals surface area contributed by atoms with Crippen molar-refractivity contribution in [2.24, 2.45) is 22.5 Å². The third-order valence-electron chi connectivity index (χ3n) is 5.41. The number of para-hydroxylation sites is 1. The van der Waals surface area contributed by atoms with Crippen molar-refractivity contribution in [2.75, 3.05) is 0 Å². The molecule has 1 aliphatic rings. The van der Waals surface area contributed by atoms with Crippen LogP contribution < -0.4 is 5.73 Å². The van der Waals surface area contributed by atoms with Crippen LogP contribution in [0, 0.1) is 16.7 Å².